The van der Waals surface area contributed by atoms with Gasteiger partial charge in [-0.05, 0) is 30.4 Å². The van der Waals surface area contributed by atoms with Gasteiger partial charge in [0.25, 0.3) is 0 Å². The molecule has 2 heteroatoms. The zero-order chi connectivity index (χ0) is 12.8. The Labute approximate surface area is 110 Å². The predicted octanol–water partition coefficient (Wildman–Crippen LogP) is 3.48. The number of aliphatic imine (C=N–C) groups is 1. The van der Waals surface area contributed by atoms with Crippen molar-refractivity contribution in [1.29, 1.82) is 0 Å². The van der Waals surface area contributed by atoms with Gasteiger partial charge in [0.05, 0.1) is 12.1 Å². The number of benzene rings is 1. The molecule has 1 heterocycles. The van der Waals surface area contributed by atoms with Crippen LogP contribution in [0.1, 0.15) is 50.8 Å². The van der Waals surface area contributed by atoms with Gasteiger partial charge in [0.15, 0.2) is 0 Å². The molecule has 0 spiro atoms. The van der Waals surface area contributed by atoms with Crippen molar-refractivity contribution in [2.24, 2.45) is 10.4 Å². The Kier molecular flexibility index (Phi) is 2.69. The van der Waals surface area contributed by atoms with Gasteiger partial charge in [-0.15, -0.1) is 0 Å². The Hall–Kier alpha value is -1.31. The van der Waals surface area contributed by atoms with Crippen LogP contribution < -0.4 is 5.32 Å². The molecule has 96 valence electrons. The lowest BCUT2D eigenvalue weighted by molar-refractivity contribution is 0.512. The van der Waals surface area contributed by atoms with Gasteiger partial charge in [-0.2, -0.15) is 0 Å². The highest BCUT2D eigenvalue weighted by molar-refractivity contribution is 5.89. The van der Waals surface area contributed by atoms with Gasteiger partial charge in [0, 0.05) is 5.41 Å². The van der Waals surface area contributed by atoms with E-state index < -0.39 is 0 Å². The summed E-state index contributed by atoms with van der Waals surface area (Å²) in [5.41, 5.74) is 3.09. The van der Waals surface area contributed by atoms with Crippen LogP contribution >= 0.6 is 0 Å². The maximum absolute atomic E-state index is 4.95. The van der Waals surface area contributed by atoms with Gasteiger partial charge < -0.3 is 5.32 Å². The first-order chi connectivity index (χ1) is 8.55. The van der Waals surface area contributed by atoms with Gasteiger partial charge in [-0.25, -0.2) is 0 Å². The third-order valence-electron chi connectivity index (χ3n) is 4.02. The molecule has 0 aromatic heterocycles. The first-order valence-corrected chi connectivity index (χ1v) is 6.98. The summed E-state index contributed by atoms with van der Waals surface area (Å²) in [4.78, 5) is 4.95. The molecule has 18 heavy (non-hydrogen) atoms. The van der Waals surface area contributed by atoms with Crippen LogP contribution in [0, 0.1) is 5.41 Å². The number of rotatable bonds is 0. The van der Waals surface area contributed by atoms with Crippen LogP contribution in [-0.4, -0.2) is 11.9 Å². The van der Waals surface area contributed by atoms with Crippen LogP contribution in [-0.2, 0) is 6.42 Å². The largest absolute Gasteiger partial charge is 0.364 e. The lowest BCUT2D eigenvalue weighted by Crippen LogP contribution is -2.34. The Morgan fingerprint density at radius 3 is 2.78 bits per heavy atom. The van der Waals surface area contributed by atoms with Gasteiger partial charge in [0.2, 0.25) is 0 Å². The van der Waals surface area contributed by atoms with E-state index in [0.29, 0.717) is 12.1 Å². The number of nitrogens with one attached hydrogen (secondary N) is 1. The Morgan fingerprint density at radius 1 is 1.22 bits per heavy atom. The van der Waals surface area contributed by atoms with Crippen molar-refractivity contribution >= 4 is 5.84 Å². The molecule has 0 saturated carbocycles. The monoisotopic (exact) mass is 242 g/mol. The SMILES string of the molecule is CC(C)(C)C1=NC2CCCc3ccccc3C2N1. The van der Waals surface area contributed by atoms with E-state index >= 15 is 0 Å². The standard InChI is InChI=1S/C16H22N2/c1-16(2,3)15-17-13-10-6-8-11-7-4-5-9-12(11)14(13)18-15/h4-5,7,9,13-14H,6,8,10H2,1-3H3,(H,17,18). The second-order valence-electron chi connectivity index (χ2n) is 6.51. The van der Waals surface area contributed by atoms with Crippen molar-refractivity contribution < 1.29 is 0 Å². The van der Waals surface area contributed by atoms with Gasteiger partial charge >= 0.3 is 0 Å². The molecular formula is C16H22N2. The number of hydrogen-bond acceptors (Lipinski definition) is 2. The molecule has 1 N–H and O–H groups in total. The van der Waals surface area contributed by atoms with Crippen molar-refractivity contribution in [3.05, 3.63) is 35.4 Å². The summed E-state index contributed by atoms with van der Waals surface area (Å²) < 4.78 is 0. The highest BCUT2D eigenvalue weighted by atomic mass is 15.1. The zero-order valence-corrected chi connectivity index (χ0v) is 11.5. The second kappa shape index (κ2) is 4.11. The van der Waals surface area contributed by atoms with Gasteiger partial charge in [0.1, 0.15) is 5.84 Å². The van der Waals surface area contributed by atoms with Crippen molar-refractivity contribution in [2.75, 3.05) is 0 Å². The van der Waals surface area contributed by atoms with Crippen LogP contribution in [0.15, 0.2) is 29.3 Å². The molecule has 1 aliphatic carbocycles. The normalized spacial score (nSPS) is 26.7. The topological polar surface area (TPSA) is 24.4 Å². The fraction of sp³-hybridized carbons (Fsp3) is 0.562. The van der Waals surface area contributed by atoms with Crippen LogP contribution in [0.2, 0.25) is 0 Å². The van der Waals surface area contributed by atoms with Gasteiger partial charge in [-0.1, -0.05) is 45.0 Å². The molecule has 2 unspecified atom stereocenters. The highest BCUT2D eigenvalue weighted by Gasteiger charge is 2.36. The zero-order valence-electron chi connectivity index (χ0n) is 11.5. The molecule has 0 saturated heterocycles. The van der Waals surface area contributed by atoms with E-state index in [9.17, 15) is 0 Å². The van der Waals surface area contributed by atoms with Crippen molar-refractivity contribution in [2.45, 2.75) is 52.1 Å². The average Bonchev–Trinajstić information content (AvgIpc) is 2.67. The number of nitrogens with zero attached hydrogens (tertiary/aromatic N) is 1. The summed E-state index contributed by atoms with van der Waals surface area (Å²) >= 11 is 0. The molecule has 0 radical (unpaired) electrons. The second-order valence-corrected chi connectivity index (χ2v) is 6.51. The van der Waals surface area contributed by atoms with Crippen LogP contribution in [0.3, 0.4) is 0 Å². The predicted molar refractivity (Wildman–Crippen MR) is 75.9 cm³/mol. The quantitative estimate of drug-likeness (QED) is 0.740. The molecule has 2 nitrogen and oxygen atoms in total. The van der Waals surface area contributed by atoms with Gasteiger partial charge in [-0.3, -0.25) is 4.99 Å². The Balaban J connectivity index is 1.96. The number of aryl methyl sites for hydroxylation is 1. The molecule has 2 aliphatic rings. The molecule has 0 fully saturated rings. The maximum Gasteiger partial charge on any atom is 0.103 e. The molecule has 0 amide bonds. The summed E-state index contributed by atoms with van der Waals surface area (Å²) in [5, 5.41) is 3.68. The minimum atomic E-state index is 0.126. The first kappa shape index (κ1) is 11.8. The third kappa shape index (κ3) is 1.94. The lowest BCUT2D eigenvalue weighted by Gasteiger charge is -2.22. The van der Waals surface area contributed by atoms with Crippen molar-refractivity contribution in [3.8, 4) is 0 Å². The van der Waals surface area contributed by atoms with Crippen molar-refractivity contribution in [1.82, 2.24) is 5.32 Å². The molecular weight excluding hydrogens is 220 g/mol. The number of amidine groups is 1. The fourth-order valence-corrected chi connectivity index (χ4v) is 3.01. The first-order valence-electron chi connectivity index (χ1n) is 6.98. The van der Waals surface area contributed by atoms with Crippen molar-refractivity contribution in [3.63, 3.8) is 0 Å². The smallest absolute Gasteiger partial charge is 0.103 e. The summed E-state index contributed by atoms with van der Waals surface area (Å²) in [6.07, 6.45) is 3.65. The summed E-state index contributed by atoms with van der Waals surface area (Å²) in [6.45, 7) is 6.70. The van der Waals surface area contributed by atoms with E-state index in [4.69, 9.17) is 4.99 Å². The molecule has 3 rings (SSSR count). The van der Waals surface area contributed by atoms with Crippen LogP contribution in [0.4, 0.5) is 0 Å². The number of hydrogen-bond donors (Lipinski definition) is 1. The summed E-state index contributed by atoms with van der Waals surface area (Å²) in [7, 11) is 0. The minimum absolute atomic E-state index is 0.126. The summed E-state index contributed by atoms with van der Waals surface area (Å²) in [5.74, 6) is 1.18. The molecule has 1 aromatic carbocycles. The molecule has 2 atom stereocenters. The fourth-order valence-electron chi connectivity index (χ4n) is 3.01. The number of fused-ring (bicyclic) bond motifs is 3. The van der Waals surface area contributed by atoms with E-state index in [0.717, 1.165) is 0 Å². The lowest BCUT2D eigenvalue weighted by atomic mass is 9.94. The van der Waals surface area contributed by atoms with E-state index in [1.165, 1.54) is 36.2 Å². The highest BCUT2D eigenvalue weighted by Crippen LogP contribution is 2.36. The molecule has 0 bridgehead atoms. The maximum atomic E-state index is 4.95. The Bertz CT molecular complexity index is 482. The van der Waals surface area contributed by atoms with Crippen LogP contribution in [0.25, 0.3) is 0 Å². The van der Waals surface area contributed by atoms with Crippen LogP contribution in [0.5, 0.6) is 0 Å². The third-order valence-corrected chi connectivity index (χ3v) is 4.02. The summed E-state index contributed by atoms with van der Waals surface area (Å²) in [6, 6.07) is 9.68. The molecule has 1 aromatic rings. The minimum Gasteiger partial charge on any atom is -0.364 e. The van der Waals surface area contributed by atoms with E-state index in [1.54, 1.807) is 0 Å². The molecule has 1 aliphatic heterocycles. The van der Waals surface area contributed by atoms with E-state index in [1.807, 2.05) is 0 Å². The average molecular weight is 242 g/mol. The Morgan fingerprint density at radius 2 is 2.00 bits per heavy atom. The van der Waals surface area contributed by atoms with E-state index in [-0.39, 0.29) is 5.41 Å². The van der Waals surface area contributed by atoms with E-state index in [2.05, 4.69) is 50.4 Å².